The first-order valence-corrected chi connectivity index (χ1v) is 8.10. The molecule has 0 saturated carbocycles. The van der Waals surface area contributed by atoms with Gasteiger partial charge in [0.1, 0.15) is 0 Å². The predicted molar refractivity (Wildman–Crippen MR) is 84.8 cm³/mol. The van der Waals surface area contributed by atoms with Gasteiger partial charge in [0.05, 0.1) is 6.04 Å². The standard InChI is InChI=1S/C16H33N3O/c1-6-9-17-11-14-8-7-10-19(12-14)13(2)15(20)18-16(3,4)5/h13-14,17H,6-12H2,1-5H3,(H,18,20). The van der Waals surface area contributed by atoms with E-state index in [4.69, 9.17) is 0 Å². The van der Waals surface area contributed by atoms with Gasteiger partial charge in [-0.3, -0.25) is 9.69 Å². The third kappa shape index (κ3) is 6.23. The van der Waals surface area contributed by atoms with Crippen molar-refractivity contribution in [3.63, 3.8) is 0 Å². The number of nitrogens with one attached hydrogen (secondary N) is 2. The summed E-state index contributed by atoms with van der Waals surface area (Å²) >= 11 is 0. The molecule has 118 valence electrons. The molecule has 0 aromatic carbocycles. The monoisotopic (exact) mass is 283 g/mol. The minimum absolute atomic E-state index is 0.0248. The number of carbonyl (C=O) groups is 1. The fraction of sp³-hybridized carbons (Fsp3) is 0.938. The van der Waals surface area contributed by atoms with Gasteiger partial charge >= 0.3 is 0 Å². The molecule has 4 heteroatoms. The van der Waals surface area contributed by atoms with Crippen molar-refractivity contribution in [3.05, 3.63) is 0 Å². The van der Waals surface area contributed by atoms with Gasteiger partial charge in [-0.25, -0.2) is 0 Å². The Labute approximate surface area is 124 Å². The van der Waals surface area contributed by atoms with Crippen molar-refractivity contribution in [2.24, 2.45) is 5.92 Å². The zero-order valence-corrected chi connectivity index (χ0v) is 14.0. The summed E-state index contributed by atoms with van der Waals surface area (Å²) in [6.07, 6.45) is 3.66. The summed E-state index contributed by atoms with van der Waals surface area (Å²) in [6, 6.07) is -0.0248. The Balaban J connectivity index is 2.43. The summed E-state index contributed by atoms with van der Waals surface area (Å²) in [6.45, 7) is 14.6. The molecule has 1 aliphatic rings. The van der Waals surface area contributed by atoms with Crippen LogP contribution in [0.5, 0.6) is 0 Å². The van der Waals surface area contributed by atoms with E-state index in [0.29, 0.717) is 5.92 Å². The SMILES string of the molecule is CCCNCC1CCCN(C(C)C(=O)NC(C)(C)C)C1. The molecule has 4 nitrogen and oxygen atoms in total. The molecule has 0 bridgehead atoms. The predicted octanol–water partition coefficient (Wildman–Crippen LogP) is 2.00. The quantitative estimate of drug-likeness (QED) is 0.733. The lowest BCUT2D eigenvalue weighted by atomic mass is 9.96. The minimum atomic E-state index is -0.150. The van der Waals surface area contributed by atoms with Gasteiger partial charge in [0.15, 0.2) is 0 Å². The largest absolute Gasteiger partial charge is 0.350 e. The molecule has 0 spiro atoms. The summed E-state index contributed by atoms with van der Waals surface area (Å²) in [5, 5.41) is 6.59. The highest BCUT2D eigenvalue weighted by molar-refractivity contribution is 5.81. The van der Waals surface area contributed by atoms with E-state index in [1.165, 1.54) is 19.3 Å². The van der Waals surface area contributed by atoms with Gasteiger partial charge in [0.25, 0.3) is 0 Å². The van der Waals surface area contributed by atoms with Crippen molar-refractivity contribution < 1.29 is 4.79 Å². The van der Waals surface area contributed by atoms with Crippen molar-refractivity contribution in [3.8, 4) is 0 Å². The lowest BCUT2D eigenvalue weighted by Crippen LogP contribution is -2.53. The minimum Gasteiger partial charge on any atom is -0.350 e. The van der Waals surface area contributed by atoms with Crippen LogP contribution in [-0.2, 0) is 4.79 Å². The first-order valence-electron chi connectivity index (χ1n) is 8.10. The van der Waals surface area contributed by atoms with Crippen LogP contribution < -0.4 is 10.6 Å². The number of hydrogen-bond donors (Lipinski definition) is 2. The third-order valence-electron chi connectivity index (χ3n) is 3.84. The van der Waals surface area contributed by atoms with Crippen LogP contribution in [0.1, 0.15) is 53.9 Å². The highest BCUT2D eigenvalue weighted by Crippen LogP contribution is 2.18. The van der Waals surface area contributed by atoms with Crippen LogP contribution in [0, 0.1) is 5.92 Å². The topological polar surface area (TPSA) is 44.4 Å². The molecule has 20 heavy (non-hydrogen) atoms. The second-order valence-electron chi connectivity index (χ2n) is 7.12. The number of piperidine rings is 1. The average molecular weight is 283 g/mol. The Morgan fingerprint density at radius 2 is 2.10 bits per heavy atom. The Bertz CT molecular complexity index is 299. The summed E-state index contributed by atoms with van der Waals surface area (Å²) < 4.78 is 0. The molecule has 2 unspecified atom stereocenters. The van der Waals surface area contributed by atoms with Crippen molar-refractivity contribution >= 4 is 5.91 Å². The molecule has 1 fully saturated rings. The van der Waals surface area contributed by atoms with Crippen molar-refractivity contribution in [2.45, 2.75) is 65.5 Å². The summed E-state index contributed by atoms with van der Waals surface area (Å²) in [5.74, 6) is 0.833. The first-order chi connectivity index (χ1) is 9.33. The first kappa shape index (κ1) is 17.4. The van der Waals surface area contributed by atoms with Crippen LogP contribution in [0.2, 0.25) is 0 Å². The zero-order chi connectivity index (χ0) is 15.2. The molecule has 0 aromatic heterocycles. The number of nitrogens with zero attached hydrogens (tertiary/aromatic N) is 1. The molecule has 0 aliphatic carbocycles. The highest BCUT2D eigenvalue weighted by Gasteiger charge is 2.28. The molecule has 1 amide bonds. The smallest absolute Gasteiger partial charge is 0.237 e. The van der Waals surface area contributed by atoms with Gasteiger partial charge in [-0.15, -0.1) is 0 Å². The molecule has 1 aliphatic heterocycles. The second-order valence-corrected chi connectivity index (χ2v) is 7.12. The van der Waals surface area contributed by atoms with Gasteiger partial charge in [0, 0.05) is 12.1 Å². The van der Waals surface area contributed by atoms with E-state index in [1.54, 1.807) is 0 Å². The van der Waals surface area contributed by atoms with E-state index in [0.717, 1.165) is 26.2 Å². The van der Waals surface area contributed by atoms with Crippen LogP contribution in [0.4, 0.5) is 0 Å². The number of carbonyl (C=O) groups excluding carboxylic acids is 1. The average Bonchev–Trinajstić information content (AvgIpc) is 2.36. The van der Waals surface area contributed by atoms with E-state index in [2.05, 4.69) is 22.5 Å². The fourth-order valence-electron chi connectivity index (χ4n) is 2.74. The van der Waals surface area contributed by atoms with Crippen molar-refractivity contribution in [1.29, 1.82) is 0 Å². The van der Waals surface area contributed by atoms with Crippen LogP contribution in [0.25, 0.3) is 0 Å². The van der Waals surface area contributed by atoms with E-state index < -0.39 is 0 Å². The lowest BCUT2D eigenvalue weighted by Gasteiger charge is -2.37. The normalized spacial score (nSPS) is 22.6. The Hall–Kier alpha value is -0.610. The maximum atomic E-state index is 12.3. The van der Waals surface area contributed by atoms with Gasteiger partial charge in [-0.1, -0.05) is 6.92 Å². The van der Waals surface area contributed by atoms with Crippen LogP contribution in [0.3, 0.4) is 0 Å². The van der Waals surface area contributed by atoms with Gasteiger partial charge in [-0.05, 0) is 72.5 Å². The molecule has 0 aromatic rings. The highest BCUT2D eigenvalue weighted by atomic mass is 16.2. The Morgan fingerprint density at radius 3 is 2.70 bits per heavy atom. The molecule has 1 rings (SSSR count). The van der Waals surface area contributed by atoms with Gasteiger partial charge in [-0.2, -0.15) is 0 Å². The van der Waals surface area contributed by atoms with Crippen LogP contribution in [0.15, 0.2) is 0 Å². The Kier molecular flexibility index (Phi) is 6.96. The van der Waals surface area contributed by atoms with E-state index in [9.17, 15) is 4.79 Å². The van der Waals surface area contributed by atoms with Crippen LogP contribution >= 0.6 is 0 Å². The maximum absolute atomic E-state index is 12.3. The lowest BCUT2D eigenvalue weighted by molar-refractivity contribution is -0.128. The third-order valence-corrected chi connectivity index (χ3v) is 3.84. The second kappa shape index (κ2) is 7.99. The molecule has 0 radical (unpaired) electrons. The number of hydrogen-bond acceptors (Lipinski definition) is 3. The molecular weight excluding hydrogens is 250 g/mol. The van der Waals surface area contributed by atoms with Crippen molar-refractivity contribution in [1.82, 2.24) is 15.5 Å². The number of rotatable bonds is 6. The molecule has 1 saturated heterocycles. The number of likely N-dealkylation sites (tertiary alicyclic amines) is 1. The van der Waals surface area contributed by atoms with E-state index in [1.807, 2.05) is 27.7 Å². The van der Waals surface area contributed by atoms with Crippen LogP contribution in [-0.4, -0.2) is 48.6 Å². The summed E-state index contributed by atoms with van der Waals surface area (Å²) in [7, 11) is 0. The summed E-state index contributed by atoms with van der Waals surface area (Å²) in [4.78, 5) is 14.6. The maximum Gasteiger partial charge on any atom is 0.237 e. The molecule has 1 heterocycles. The van der Waals surface area contributed by atoms with Crippen molar-refractivity contribution in [2.75, 3.05) is 26.2 Å². The van der Waals surface area contributed by atoms with Gasteiger partial charge in [0.2, 0.25) is 5.91 Å². The van der Waals surface area contributed by atoms with E-state index >= 15 is 0 Å². The molecular formula is C16H33N3O. The van der Waals surface area contributed by atoms with Gasteiger partial charge < -0.3 is 10.6 Å². The fourth-order valence-corrected chi connectivity index (χ4v) is 2.74. The molecule has 2 N–H and O–H groups in total. The summed E-state index contributed by atoms with van der Waals surface area (Å²) in [5.41, 5.74) is -0.150. The Morgan fingerprint density at radius 1 is 1.40 bits per heavy atom. The molecule has 2 atom stereocenters. The zero-order valence-electron chi connectivity index (χ0n) is 14.0. The van der Waals surface area contributed by atoms with E-state index in [-0.39, 0.29) is 17.5 Å². The number of amides is 1.